The highest BCUT2D eigenvalue weighted by Gasteiger charge is 2.14. The maximum absolute atomic E-state index is 11.9. The number of hydrogen-bond acceptors (Lipinski definition) is 4. The number of benzene rings is 1. The molecule has 96 valence electrons. The largest absolute Gasteiger partial charge is 0.399 e. The Labute approximate surface area is 102 Å². The third-order valence-electron chi connectivity index (χ3n) is 2.41. The molecule has 1 rings (SSSR count). The Morgan fingerprint density at radius 1 is 1.47 bits per heavy atom. The number of hydrogen-bond donors (Lipinski definition) is 3. The minimum absolute atomic E-state index is 0.0567. The molecule has 0 radical (unpaired) electrons. The van der Waals surface area contributed by atoms with Crippen LogP contribution >= 0.6 is 0 Å². The van der Waals surface area contributed by atoms with Crippen LogP contribution in [-0.4, -0.2) is 26.7 Å². The van der Waals surface area contributed by atoms with Crippen molar-refractivity contribution in [3.8, 4) is 0 Å². The predicted molar refractivity (Wildman–Crippen MR) is 66.9 cm³/mol. The lowest BCUT2D eigenvalue weighted by Gasteiger charge is -2.11. The van der Waals surface area contributed by atoms with Crippen LogP contribution in [-0.2, 0) is 10.0 Å². The summed E-state index contributed by atoms with van der Waals surface area (Å²) in [4.78, 5) is 0.161. The monoisotopic (exact) mass is 258 g/mol. The summed E-state index contributed by atoms with van der Waals surface area (Å²) in [7, 11) is -3.51. The zero-order valence-corrected chi connectivity index (χ0v) is 10.6. The number of aliphatic hydroxyl groups is 1. The van der Waals surface area contributed by atoms with E-state index in [1.165, 1.54) is 12.1 Å². The van der Waals surface area contributed by atoms with E-state index >= 15 is 0 Å². The van der Waals surface area contributed by atoms with E-state index in [2.05, 4.69) is 4.72 Å². The lowest BCUT2D eigenvalue weighted by atomic mass is 10.1. The number of anilines is 1. The van der Waals surface area contributed by atoms with Crippen molar-refractivity contribution in [1.29, 1.82) is 0 Å². The molecule has 0 saturated heterocycles. The van der Waals surface area contributed by atoms with Crippen LogP contribution in [0.4, 0.5) is 5.69 Å². The number of nitrogens with one attached hydrogen (secondary N) is 1. The minimum Gasteiger partial charge on any atom is -0.399 e. The van der Waals surface area contributed by atoms with Crippen molar-refractivity contribution in [2.24, 2.45) is 5.92 Å². The Balaban J connectivity index is 2.69. The van der Waals surface area contributed by atoms with E-state index in [4.69, 9.17) is 10.8 Å². The highest BCUT2D eigenvalue weighted by molar-refractivity contribution is 7.89. The van der Waals surface area contributed by atoms with Gasteiger partial charge in [-0.2, -0.15) is 0 Å². The zero-order valence-electron chi connectivity index (χ0n) is 9.76. The molecule has 0 aliphatic heterocycles. The maximum atomic E-state index is 11.9. The molecule has 0 aliphatic carbocycles. The van der Waals surface area contributed by atoms with Crippen molar-refractivity contribution in [3.63, 3.8) is 0 Å². The number of aliphatic hydroxyl groups excluding tert-OH is 1. The van der Waals surface area contributed by atoms with Crippen LogP contribution in [0.25, 0.3) is 0 Å². The van der Waals surface area contributed by atoms with E-state index in [1.54, 1.807) is 12.1 Å². The van der Waals surface area contributed by atoms with Crippen molar-refractivity contribution in [1.82, 2.24) is 4.72 Å². The summed E-state index contributed by atoms with van der Waals surface area (Å²) < 4.78 is 26.2. The van der Waals surface area contributed by atoms with Crippen molar-refractivity contribution < 1.29 is 13.5 Å². The van der Waals surface area contributed by atoms with Crippen molar-refractivity contribution in [2.45, 2.75) is 18.2 Å². The van der Waals surface area contributed by atoms with Gasteiger partial charge < -0.3 is 10.8 Å². The van der Waals surface area contributed by atoms with Gasteiger partial charge in [-0.15, -0.1) is 0 Å². The van der Waals surface area contributed by atoms with E-state index in [0.717, 1.165) is 0 Å². The van der Waals surface area contributed by atoms with Gasteiger partial charge in [0.15, 0.2) is 0 Å². The molecule has 1 aromatic rings. The van der Waals surface area contributed by atoms with Crippen molar-refractivity contribution >= 4 is 15.7 Å². The molecule has 0 bridgehead atoms. The van der Waals surface area contributed by atoms with Crippen LogP contribution < -0.4 is 10.5 Å². The molecular weight excluding hydrogens is 240 g/mol. The first kappa shape index (κ1) is 14.0. The van der Waals surface area contributed by atoms with Crippen LogP contribution in [0.15, 0.2) is 29.2 Å². The van der Waals surface area contributed by atoms with E-state index in [-0.39, 0.29) is 17.4 Å². The average Bonchev–Trinajstić information content (AvgIpc) is 2.27. The van der Waals surface area contributed by atoms with E-state index in [0.29, 0.717) is 18.7 Å². The van der Waals surface area contributed by atoms with Crippen LogP contribution in [0.1, 0.15) is 13.3 Å². The quantitative estimate of drug-likeness (QED) is 0.650. The minimum atomic E-state index is -3.51. The van der Waals surface area contributed by atoms with E-state index in [1.807, 2.05) is 6.92 Å². The molecule has 1 atom stereocenters. The standard InChI is InChI=1S/C11H18N2O3S/c1-9(5-6-14)8-13-17(15,16)11-4-2-3-10(12)7-11/h2-4,7,9,13-14H,5-6,8,12H2,1H3. The topological polar surface area (TPSA) is 92.4 Å². The fourth-order valence-electron chi connectivity index (χ4n) is 1.34. The second-order valence-corrected chi connectivity index (χ2v) is 5.81. The predicted octanol–water partition coefficient (Wildman–Crippen LogP) is 0.566. The maximum Gasteiger partial charge on any atom is 0.240 e. The number of nitrogen functional groups attached to an aromatic ring is 1. The first-order chi connectivity index (χ1) is 7.95. The van der Waals surface area contributed by atoms with Gasteiger partial charge in [-0.1, -0.05) is 13.0 Å². The molecule has 6 heteroatoms. The van der Waals surface area contributed by atoms with Gasteiger partial charge in [-0.05, 0) is 30.5 Å². The van der Waals surface area contributed by atoms with Gasteiger partial charge in [0.25, 0.3) is 0 Å². The molecule has 5 nitrogen and oxygen atoms in total. The summed E-state index contributed by atoms with van der Waals surface area (Å²) >= 11 is 0. The van der Waals surface area contributed by atoms with Crippen LogP contribution in [0.2, 0.25) is 0 Å². The van der Waals surface area contributed by atoms with Gasteiger partial charge in [0.2, 0.25) is 10.0 Å². The molecule has 0 aromatic heterocycles. The molecule has 1 unspecified atom stereocenters. The number of rotatable bonds is 6. The first-order valence-corrected chi connectivity index (χ1v) is 6.90. The van der Waals surface area contributed by atoms with Gasteiger partial charge in [0, 0.05) is 18.8 Å². The summed E-state index contributed by atoms with van der Waals surface area (Å²) in [5.41, 5.74) is 5.95. The molecule has 0 amide bonds. The Bertz CT molecular complexity index is 460. The van der Waals surface area contributed by atoms with Crippen molar-refractivity contribution in [2.75, 3.05) is 18.9 Å². The number of sulfonamides is 1. The Morgan fingerprint density at radius 2 is 2.18 bits per heavy atom. The second-order valence-electron chi connectivity index (χ2n) is 4.04. The fraction of sp³-hybridized carbons (Fsp3) is 0.455. The highest BCUT2D eigenvalue weighted by atomic mass is 32.2. The first-order valence-electron chi connectivity index (χ1n) is 5.42. The summed E-state index contributed by atoms with van der Waals surface area (Å²) in [6, 6.07) is 6.14. The van der Waals surface area contributed by atoms with Crippen molar-refractivity contribution in [3.05, 3.63) is 24.3 Å². The Hall–Kier alpha value is -1.11. The lowest BCUT2D eigenvalue weighted by Crippen LogP contribution is -2.28. The Kier molecular flexibility index (Phi) is 4.92. The van der Waals surface area contributed by atoms with Gasteiger partial charge in [0.05, 0.1) is 4.90 Å². The van der Waals surface area contributed by atoms with Crippen LogP contribution in [0.3, 0.4) is 0 Å². The van der Waals surface area contributed by atoms with Crippen LogP contribution in [0, 0.1) is 5.92 Å². The van der Waals surface area contributed by atoms with E-state index < -0.39 is 10.0 Å². The SMILES string of the molecule is CC(CCO)CNS(=O)(=O)c1cccc(N)c1. The molecule has 0 aliphatic rings. The summed E-state index contributed by atoms with van der Waals surface area (Å²) in [5, 5.41) is 8.73. The molecule has 0 fully saturated rings. The molecular formula is C11H18N2O3S. The van der Waals surface area contributed by atoms with Gasteiger partial charge in [-0.25, -0.2) is 13.1 Å². The fourth-order valence-corrected chi connectivity index (χ4v) is 2.56. The molecule has 1 aromatic carbocycles. The zero-order chi connectivity index (χ0) is 12.9. The summed E-state index contributed by atoms with van der Waals surface area (Å²) in [6.07, 6.45) is 0.569. The van der Waals surface area contributed by atoms with Crippen LogP contribution in [0.5, 0.6) is 0 Å². The molecule has 0 saturated carbocycles. The van der Waals surface area contributed by atoms with Gasteiger partial charge in [-0.3, -0.25) is 0 Å². The molecule has 4 N–H and O–H groups in total. The van der Waals surface area contributed by atoms with Gasteiger partial charge >= 0.3 is 0 Å². The van der Waals surface area contributed by atoms with Gasteiger partial charge in [0.1, 0.15) is 0 Å². The average molecular weight is 258 g/mol. The van der Waals surface area contributed by atoms with E-state index in [9.17, 15) is 8.42 Å². The summed E-state index contributed by atoms with van der Waals surface area (Å²) in [6.45, 7) is 2.23. The highest BCUT2D eigenvalue weighted by Crippen LogP contribution is 2.13. The third-order valence-corrected chi connectivity index (χ3v) is 3.83. The normalized spacial score (nSPS) is 13.5. The molecule has 0 heterocycles. The third kappa shape index (κ3) is 4.33. The lowest BCUT2D eigenvalue weighted by molar-refractivity contribution is 0.263. The Morgan fingerprint density at radius 3 is 2.76 bits per heavy atom. The molecule has 0 spiro atoms. The second kappa shape index (κ2) is 6.00. The summed E-state index contributed by atoms with van der Waals surface area (Å²) in [5.74, 6) is 0.0934. The number of nitrogens with two attached hydrogens (primary N) is 1. The molecule has 17 heavy (non-hydrogen) atoms. The smallest absolute Gasteiger partial charge is 0.240 e.